The molecule has 8 heteroatoms. The van der Waals surface area contributed by atoms with E-state index in [0.717, 1.165) is 23.1 Å². The minimum absolute atomic E-state index is 0.120. The van der Waals surface area contributed by atoms with Crippen LogP contribution in [0.3, 0.4) is 0 Å². The molecule has 0 heterocycles. The Kier molecular flexibility index (Phi) is 11.6. The number of rotatable bonds is 13. The zero-order chi connectivity index (χ0) is 26.6. The largest absolute Gasteiger partial charge is 0.497 e. The first-order valence-electron chi connectivity index (χ1n) is 12.2. The molecule has 0 radical (unpaired) electrons. The number of carbonyl (C=O) groups excluding carboxylic acids is 2. The fourth-order valence-electron chi connectivity index (χ4n) is 3.86. The summed E-state index contributed by atoms with van der Waals surface area (Å²) in [4.78, 5) is 28.7. The van der Waals surface area contributed by atoms with Crippen molar-refractivity contribution >= 4 is 46.8 Å². The van der Waals surface area contributed by atoms with Gasteiger partial charge in [0.2, 0.25) is 11.8 Å². The van der Waals surface area contributed by atoms with Crippen LogP contribution in [0.5, 0.6) is 5.75 Å². The molecule has 1 unspecified atom stereocenters. The lowest BCUT2D eigenvalue weighted by Crippen LogP contribution is -2.51. The summed E-state index contributed by atoms with van der Waals surface area (Å²) < 4.78 is 5.38. The Morgan fingerprint density at radius 3 is 2.46 bits per heavy atom. The minimum Gasteiger partial charge on any atom is -0.497 e. The van der Waals surface area contributed by atoms with Crippen LogP contribution in [-0.4, -0.2) is 42.2 Å². The maximum atomic E-state index is 13.7. The summed E-state index contributed by atoms with van der Waals surface area (Å²) >= 11 is 13.8. The third-order valence-electron chi connectivity index (χ3n) is 5.81. The molecule has 0 aliphatic carbocycles. The number of ether oxygens (including phenoxy) is 1. The van der Waals surface area contributed by atoms with Gasteiger partial charge in [0.15, 0.2) is 0 Å². The second-order valence-corrected chi connectivity index (χ2v) is 10.4. The smallest absolute Gasteiger partial charge is 0.243 e. The van der Waals surface area contributed by atoms with E-state index in [1.807, 2.05) is 67.6 Å². The molecule has 0 aromatic heterocycles. The molecule has 0 saturated heterocycles. The Bertz CT molecular complexity index is 1180. The molecule has 5 nitrogen and oxygen atoms in total. The monoisotopic (exact) mass is 558 g/mol. The zero-order valence-electron chi connectivity index (χ0n) is 21.1. The van der Waals surface area contributed by atoms with E-state index >= 15 is 0 Å². The summed E-state index contributed by atoms with van der Waals surface area (Å²) in [5.41, 5.74) is 2.78. The molecule has 37 heavy (non-hydrogen) atoms. The van der Waals surface area contributed by atoms with Crippen molar-refractivity contribution < 1.29 is 14.3 Å². The van der Waals surface area contributed by atoms with E-state index in [9.17, 15) is 9.59 Å². The van der Waals surface area contributed by atoms with Gasteiger partial charge in [-0.25, -0.2) is 0 Å². The van der Waals surface area contributed by atoms with Gasteiger partial charge in [-0.05, 0) is 47.4 Å². The minimum atomic E-state index is -0.660. The average Bonchev–Trinajstić information content (AvgIpc) is 2.91. The van der Waals surface area contributed by atoms with Crippen molar-refractivity contribution in [3.63, 3.8) is 0 Å². The van der Waals surface area contributed by atoms with Crippen molar-refractivity contribution in [1.29, 1.82) is 0 Å². The van der Waals surface area contributed by atoms with Crippen LogP contribution in [-0.2, 0) is 28.3 Å². The van der Waals surface area contributed by atoms with Crippen molar-refractivity contribution in [2.75, 3.05) is 19.4 Å². The number of amides is 2. The number of nitrogens with one attached hydrogen (secondary N) is 1. The average molecular weight is 560 g/mol. The van der Waals surface area contributed by atoms with Crippen molar-refractivity contribution in [2.24, 2.45) is 0 Å². The summed E-state index contributed by atoms with van der Waals surface area (Å²) in [6.45, 7) is 2.84. The highest BCUT2D eigenvalue weighted by molar-refractivity contribution is 7.99. The predicted octanol–water partition coefficient (Wildman–Crippen LogP) is 6.40. The van der Waals surface area contributed by atoms with Crippen molar-refractivity contribution in [2.45, 2.75) is 38.1 Å². The van der Waals surface area contributed by atoms with Gasteiger partial charge in [-0.1, -0.05) is 78.7 Å². The first kappa shape index (κ1) is 28.9. The predicted molar refractivity (Wildman–Crippen MR) is 153 cm³/mol. The van der Waals surface area contributed by atoms with Crippen molar-refractivity contribution in [3.8, 4) is 5.75 Å². The van der Waals surface area contributed by atoms with Gasteiger partial charge in [-0.2, -0.15) is 0 Å². The van der Waals surface area contributed by atoms with E-state index in [-0.39, 0.29) is 24.1 Å². The van der Waals surface area contributed by atoms with Crippen LogP contribution in [0.1, 0.15) is 30.0 Å². The highest BCUT2D eigenvalue weighted by Crippen LogP contribution is 2.26. The van der Waals surface area contributed by atoms with E-state index < -0.39 is 6.04 Å². The zero-order valence-corrected chi connectivity index (χ0v) is 23.4. The van der Waals surface area contributed by atoms with E-state index in [4.69, 9.17) is 27.9 Å². The third kappa shape index (κ3) is 8.99. The molecule has 1 N–H and O–H groups in total. The molecule has 3 aromatic rings. The number of methoxy groups -OCH3 is 1. The van der Waals surface area contributed by atoms with Crippen LogP contribution >= 0.6 is 35.0 Å². The maximum Gasteiger partial charge on any atom is 0.243 e. The highest BCUT2D eigenvalue weighted by atomic mass is 35.5. The van der Waals surface area contributed by atoms with Crippen LogP contribution in [0.4, 0.5) is 0 Å². The number of hydrogen-bond acceptors (Lipinski definition) is 4. The molecule has 3 aromatic carbocycles. The fourth-order valence-corrected chi connectivity index (χ4v) is 5.33. The molecule has 196 valence electrons. The van der Waals surface area contributed by atoms with E-state index in [1.165, 1.54) is 11.8 Å². The lowest BCUT2D eigenvalue weighted by Gasteiger charge is -2.31. The van der Waals surface area contributed by atoms with Gasteiger partial charge >= 0.3 is 0 Å². The lowest BCUT2D eigenvalue weighted by molar-refractivity contribution is -0.139. The van der Waals surface area contributed by atoms with Crippen LogP contribution in [0.15, 0.2) is 72.8 Å². The van der Waals surface area contributed by atoms with Gasteiger partial charge in [0.25, 0.3) is 0 Å². The van der Waals surface area contributed by atoms with Crippen LogP contribution < -0.4 is 10.1 Å². The Labute approximate surface area is 233 Å². The van der Waals surface area contributed by atoms with Crippen LogP contribution in [0, 0.1) is 0 Å². The van der Waals surface area contributed by atoms with E-state index in [1.54, 1.807) is 24.1 Å². The molecule has 1 atom stereocenters. The Morgan fingerprint density at radius 1 is 1.00 bits per heavy atom. The van der Waals surface area contributed by atoms with Crippen LogP contribution in [0.2, 0.25) is 10.0 Å². The normalized spacial score (nSPS) is 11.6. The Morgan fingerprint density at radius 2 is 1.76 bits per heavy atom. The topological polar surface area (TPSA) is 58.6 Å². The summed E-state index contributed by atoms with van der Waals surface area (Å²) in [6.07, 6.45) is 1.23. The lowest BCUT2D eigenvalue weighted by atomic mass is 10.0. The fraction of sp³-hybridized carbons (Fsp3) is 0.310. The quantitative estimate of drug-likeness (QED) is 0.263. The molecular weight excluding hydrogens is 527 g/mol. The third-order valence-corrected chi connectivity index (χ3v) is 7.36. The standard InChI is InChI=1S/C29H32Cl2N2O3S/c1-3-14-32-29(35)27(16-21-8-5-4-6-9-21)33(18-22-10-7-11-25(15-22)36-2)28(34)20-37-19-23-12-13-24(30)17-26(23)31/h4-13,15,17,27H,3,14,16,18-20H2,1-2H3,(H,32,35). The van der Waals surface area contributed by atoms with Gasteiger partial charge in [-0.3, -0.25) is 9.59 Å². The van der Waals surface area contributed by atoms with Gasteiger partial charge in [0.1, 0.15) is 11.8 Å². The van der Waals surface area contributed by atoms with E-state index in [2.05, 4.69) is 5.32 Å². The van der Waals surface area contributed by atoms with Gasteiger partial charge < -0.3 is 15.0 Å². The van der Waals surface area contributed by atoms with Gasteiger partial charge in [0, 0.05) is 35.3 Å². The molecular formula is C29H32Cl2N2O3S. The molecule has 0 fully saturated rings. The van der Waals surface area contributed by atoms with Gasteiger partial charge in [-0.15, -0.1) is 11.8 Å². The molecule has 0 aliphatic rings. The molecule has 0 aliphatic heterocycles. The molecule has 2 amide bonds. The number of carbonyl (C=O) groups is 2. The van der Waals surface area contributed by atoms with Crippen LogP contribution in [0.25, 0.3) is 0 Å². The van der Waals surface area contributed by atoms with E-state index in [0.29, 0.717) is 34.5 Å². The summed E-state index contributed by atoms with van der Waals surface area (Å²) in [5, 5.41) is 4.14. The first-order valence-corrected chi connectivity index (χ1v) is 14.1. The molecule has 0 bridgehead atoms. The maximum absolute atomic E-state index is 13.7. The number of benzene rings is 3. The Hall–Kier alpha value is -2.67. The summed E-state index contributed by atoms with van der Waals surface area (Å²) in [5.74, 6) is 1.18. The van der Waals surface area contributed by atoms with Crippen molar-refractivity contribution in [3.05, 3.63) is 99.5 Å². The number of hydrogen-bond donors (Lipinski definition) is 1. The highest BCUT2D eigenvalue weighted by Gasteiger charge is 2.30. The summed E-state index contributed by atoms with van der Waals surface area (Å²) in [7, 11) is 1.61. The molecule has 3 rings (SSSR count). The first-order chi connectivity index (χ1) is 17.9. The number of halogens is 2. The molecule has 0 saturated carbocycles. The number of thioether (sulfide) groups is 1. The van der Waals surface area contributed by atoms with Crippen molar-refractivity contribution in [1.82, 2.24) is 10.2 Å². The summed E-state index contributed by atoms with van der Waals surface area (Å²) in [6, 6.07) is 22.0. The van der Waals surface area contributed by atoms with Gasteiger partial charge in [0.05, 0.1) is 12.9 Å². The second kappa shape index (κ2) is 14.9. The number of nitrogens with zero attached hydrogens (tertiary/aromatic N) is 1. The second-order valence-electron chi connectivity index (χ2n) is 8.60. The SMILES string of the molecule is CCCNC(=O)C(Cc1ccccc1)N(Cc1cccc(OC)c1)C(=O)CSCc1ccc(Cl)cc1Cl. The molecule has 0 spiro atoms. The Balaban J connectivity index is 1.85.